The van der Waals surface area contributed by atoms with Crippen molar-refractivity contribution in [1.29, 1.82) is 0 Å². The first-order valence-corrected chi connectivity index (χ1v) is 8.47. The van der Waals surface area contributed by atoms with Crippen LogP contribution in [0.4, 0.5) is 0 Å². The second-order valence-corrected chi connectivity index (χ2v) is 6.37. The zero-order valence-corrected chi connectivity index (χ0v) is 15.1. The lowest BCUT2D eigenvalue weighted by atomic mass is 9.97. The smallest absolute Gasteiger partial charge is 0.234 e. The van der Waals surface area contributed by atoms with Crippen molar-refractivity contribution >= 4 is 11.8 Å². The highest BCUT2D eigenvalue weighted by atomic mass is 16.5. The van der Waals surface area contributed by atoms with Gasteiger partial charge < -0.3 is 20.5 Å². The monoisotopic (exact) mass is 349 g/mol. The Morgan fingerprint density at radius 2 is 2.12 bits per heavy atom. The van der Waals surface area contributed by atoms with Gasteiger partial charge in [-0.2, -0.15) is 0 Å². The van der Waals surface area contributed by atoms with Crippen LogP contribution in [0.1, 0.15) is 31.4 Å². The molecule has 1 heterocycles. The third-order valence-electron chi connectivity index (χ3n) is 4.56. The Morgan fingerprint density at radius 3 is 2.76 bits per heavy atom. The van der Waals surface area contributed by atoms with Crippen LogP contribution >= 0.6 is 0 Å². The highest BCUT2D eigenvalue weighted by Crippen LogP contribution is 2.29. The molecule has 0 unspecified atom stereocenters. The second-order valence-electron chi connectivity index (χ2n) is 6.37. The second kappa shape index (κ2) is 8.71. The number of hydrogen-bond acceptors (Lipinski definition) is 5. The van der Waals surface area contributed by atoms with E-state index in [4.69, 9.17) is 15.2 Å². The van der Waals surface area contributed by atoms with E-state index >= 15 is 0 Å². The quantitative estimate of drug-likeness (QED) is 0.768. The number of nitrogens with zero attached hydrogens (tertiary/aromatic N) is 1. The zero-order chi connectivity index (χ0) is 18.4. The Hall–Kier alpha value is -2.28. The molecule has 1 aromatic carbocycles. The molecule has 7 nitrogen and oxygen atoms in total. The van der Waals surface area contributed by atoms with E-state index in [0.29, 0.717) is 18.0 Å². The fourth-order valence-corrected chi connectivity index (χ4v) is 3.18. The minimum absolute atomic E-state index is 0.0949. The summed E-state index contributed by atoms with van der Waals surface area (Å²) in [6.45, 7) is 3.49. The number of piperidine rings is 1. The lowest BCUT2D eigenvalue weighted by molar-refractivity contribution is -0.127. The Bertz CT molecular complexity index is 620. The van der Waals surface area contributed by atoms with Crippen molar-refractivity contribution in [2.45, 2.75) is 25.8 Å². The van der Waals surface area contributed by atoms with Crippen molar-refractivity contribution in [3.05, 3.63) is 23.8 Å². The van der Waals surface area contributed by atoms with Crippen LogP contribution in [0.3, 0.4) is 0 Å². The lowest BCUT2D eigenvalue weighted by Gasteiger charge is -2.31. The van der Waals surface area contributed by atoms with E-state index in [1.807, 2.05) is 30.0 Å². The summed E-state index contributed by atoms with van der Waals surface area (Å²) in [5.74, 6) is 0.845. The summed E-state index contributed by atoms with van der Waals surface area (Å²) in [5.41, 5.74) is 6.24. The molecule has 0 spiro atoms. The molecular formula is C18H27N3O4. The minimum atomic E-state index is -0.292. The van der Waals surface area contributed by atoms with Crippen molar-refractivity contribution in [3.8, 4) is 11.5 Å². The van der Waals surface area contributed by atoms with E-state index in [9.17, 15) is 9.59 Å². The molecule has 0 aliphatic carbocycles. The van der Waals surface area contributed by atoms with Crippen molar-refractivity contribution in [2.24, 2.45) is 11.7 Å². The number of nitrogens with one attached hydrogen (secondary N) is 1. The zero-order valence-electron chi connectivity index (χ0n) is 15.1. The maximum atomic E-state index is 12.4. The number of ether oxygens (including phenoxy) is 2. The molecule has 1 aromatic rings. The van der Waals surface area contributed by atoms with Crippen LogP contribution in [0.25, 0.3) is 0 Å². The maximum absolute atomic E-state index is 12.4. The van der Waals surface area contributed by atoms with Gasteiger partial charge in [-0.1, -0.05) is 0 Å². The molecule has 1 aliphatic heterocycles. The largest absolute Gasteiger partial charge is 0.497 e. The normalized spacial score (nSPS) is 19.1. The van der Waals surface area contributed by atoms with Crippen molar-refractivity contribution in [3.63, 3.8) is 0 Å². The van der Waals surface area contributed by atoms with E-state index in [0.717, 1.165) is 24.9 Å². The van der Waals surface area contributed by atoms with Crippen molar-refractivity contribution in [1.82, 2.24) is 10.2 Å². The summed E-state index contributed by atoms with van der Waals surface area (Å²) >= 11 is 0. The molecule has 2 amide bonds. The maximum Gasteiger partial charge on any atom is 0.234 e. The Kier molecular flexibility index (Phi) is 6.64. The fourth-order valence-electron chi connectivity index (χ4n) is 3.18. The number of primary amides is 1. The van der Waals surface area contributed by atoms with Gasteiger partial charge in [0.15, 0.2) is 0 Å². The van der Waals surface area contributed by atoms with Crippen LogP contribution in [0.2, 0.25) is 0 Å². The fraction of sp³-hybridized carbons (Fsp3) is 0.556. The number of carbonyl (C=O) groups is 2. The first-order valence-electron chi connectivity index (χ1n) is 8.47. The number of rotatable bonds is 7. The first kappa shape index (κ1) is 19.1. The van der Waals surface area contributed by atoms with Crippen molar-refractivity contribution in [2.75, 3.05) is 33.9 Å². The van der Waals surface area contributed by atoms with Gasteiger partial charge in [0.05, 0.1) is 32.7 Å². The first-order chi connectivity index (χ1) is 11.9. The standard InChI is InChI=1S/C18H27N3O4/c1-12(15-9-14(24-2)6-7-16(15)25-3)20-17(22)11-21-8-4-5-13(10-21)18(19)23/h6-7,9,12-13H,4-5,8,10-11H2,1-3H3,(H2,19,23)(H,20,22)/t12-,13-/m0/s1. The predicted octanol–water partition coefficient (Wildman–Crippen LogP) is 1.08. The van der Waals surface area contributed by atoms with Gasteiger partial charge in [-0.3, -0.25) is 14.5 Å². The molecule has 2 atom stereocenters. The predicted molar refractivity (Wildman–Crippen MR) is 94.5 cm³/mol. The molecule has 25 heavy (non-hydrogen) atoms. The van der Waals surface area contributed by atoms with Crippen LogP contribution in [-0.2, 0) is 9.59 Å². The SMILES string of the molecule is COc1ccc(OC)c([C@H](C)NC(=O)CN2CCC[C@H](C(N)=O)C2)c1. The molecular weight excluding hydrogens is 322 g/mol. The molecule has 1 aliphatic rings. The van der Waals surface area contributed by atoms with Crippen LogP contribution in [0, 0.1) is 5.92 Å². The van der Waals surface area contributed by atoms with Gasteiger partial charge in [0, 0.05) is 12.1 Å². The highest BCUT2D eigenvalue weighted by Gasteiger charge is 2.25. The van der Waals surface area contributed by atoms with Gasteiger partial charge in [-0.25, -0.2) is 0 Å². The molecule has 1 saturated heterocycles. The summed E-state index contributed by atoms with van der Waals surface area (Å²) in [4.78, 5) is 25.7. The lowest BCUT2D eigenvalue weighted by Crippen LogP contribution is -2.45. The number of amides is 2. The van der Waals surface area contributed by atoms with Crippen LogP contribution < -0.4 is 20.5 Å². The molecule has 1 fully saturated rings. The van der Waals surface area contributed by atoms with Gasteiger partial charge in [0.25, 0.3) is 0 Å². The number of likely N-dealkylation sites (tertiary alicyclic amines) is 1. The van der Waals surface area contributed by atoms with Gasteiger partial charge in [-0.05, 0) is 44.5 Å². The highest BCUT2D eigenvalue weighted by molar-refractivity contribution is 5.79. The third kappa shape index (κ3) is 5.09. The summed E-state index contributed by atoms with van der Waals surface area (Å²) in [5, 5.41) is 2.98. The number of nitrogens with two attached hydrogens (primary N) is 1. The summed E-state index contributed by atoms with van der Waals surface area (Å²) in [6.07, 6.45) is 1.67. The van der Waals surface area contributed by atoms with E-state index < -0.39 is 0 Å². The minimum Gasteiger partial charge on any atom is -0.497 e. The third-order valence-corrected chi connectivity index (χ3v) is 4.56. The number of benzene rings is 1. The van der Waals surface area contributed by atoms with Gasteiger partial charge in [0.2, 0.25) is 11.8 Å². The number of carbonyl (C=O) groups excluding carboxylic acids is 2. The molecule has 2 rings (SSSR count). The number of hydrogen-bond donors (Lipinski definition) is 2. The Balaban J connectivity index is 1.97. The van der Waals surface area contributed by atoms with Crippen LogP contribution in [0.5, 0.6) is 11.5 Å². The Labute approximate surface area is 148 Å². The molecule has 138 valence electrons. The molecule has 0 bridgehead atoms. The van der Waals surface area contributed by atoms with E-state index in [1.165, 1.54) is 0 Å². The van der Waals surface area contributed by atoms with Crippen molar-refractivity contribution < 1.29 is 19.1 Å². The van der Waals surface area contributed by atoms with Crippen LogP contribution in [0.15, 0.2) is 18.2 Å². The Morgan fingerprint density at radius 1 is 1.36 bits per heavy atom. The average molecular weight is 349 g/mol. The molecule has 0 aromatic heterocycles. The molecule has 7 heteroatoms. The molecule has 3 N–H and O–H groups in total. The van der Waals surface area contributed by atoms with Gasteiger partial charge in [0.1, 0.15) is 11.5 Å². The number of methoxy groups -OCH3 is 2. The van der Waals surface area contributed by atoms with E-state index in [1.54, 1.807) is 14.2 Å². The summed E-state index contributed by atoms with van der Waals surface area (Å²) in [6, 6.07) is 5.26. The van der Waals surface area contributed by atoms with Gasteiger partial charge >= 0.3 is 0 Å². The summed E-state index contributed by atoms with van der Waals surface area (Å²) < 4.78 is 10.6. The summed E-state index contributed by atoms with van der Waals surface area (Å²) in [7, 11) is 3.19. The van der Waals surface area contributed by atoms with E-state index in [2.05, 4.69) is 5.32 Å². The topological polar surface area (TPSA) is 93.9 Å². The molecule has 0 radical (unpaired) electrons. The molecule has 0 saturated carbocycles. The van der Waals surface area contributed by atoms with Gasteiger partial charge in [-0.15, -0.1) is 0 Å². The van der Waals surface area contributed by atoms with Crippen LogP contribution in [-0.4, -0.2) is 50.6 Å². The average Bonchev–Trinajstić information content (AvgIpc) is 2.61. The van der Waals surface area contributed by atoms with E-state index in [-0.39, 0.29) is 30.3 Å².